The lowest BCUT2D eigenvalue weighted by Crippen LogP contribution is -2.41. The first-order valence-corrected chi connectivity index (χ1v) is 8.96. The maximum absolute atomic E-state index is 12.1. The number of ether oxygens (including phenoxy) is 2. The van der Waals surface area contributed by atoms with Gasteiger partial charge in [0.1, 0.15) is 5.60 Å². The molecule has 0 saturated carbocycles. The van der Waals surface area contributed by atoms with Crippen LogP contribution in [0.25, 0.3) is 11.0 Å². The normalized spacial score (nSPS) is 16.2. The number of hydrogen-bond donors (Lipinski definition) is 1. The molecular weight excluding hydrogens is 318 g/mol. The maximum atomic E-state index is 12.1. The van der Waals surface area contributed by atoms with Gasteiger partial charge in [0.15, 0.2) is 0 Å². The number of aromatic nitrogens is 2. The highest BCUT2D eigenvalue weighted by atomic mass is 16.6. The largest absolute Gasteiger partial charge is 0.465 e. The zero-order valence-electron chi connectivity index (χ0n) is 15.2. The number of hydrogen-bond acceptors (Lipinski definition) is 4. The number of carbonyl (C=O) groups is 1. The van der Waals surface area contributed by atoms with E-state index in [4.69, 9.17) is 9.47 Å². The van der Waals surface area contributed by atoms with Crippen LogP contribution in [0.1, 0.15) is 40.0 Å². The summed E-state index contributed by atoms with van der Waals surface area (Å²) in [7, 11) is 0. The number of H-pyrrole nitrogens is 1. The third-order valence-corrected chi connectivity index (χ3v) is 4.40. The van der Waals surface area contributed by atoms with Crippen LogP contribution in [0.3, 0.4) is 0 Å². The molecule has 1 aliphatic heterocycles. The summed E-state index contributed by atoms with van der Waals surface area (Å²) in [6.45, 7) is 7.83. The summed E-state index contributed by atoms with van der Waals surface area (Å²) in [6, 6.07) is 8.47. The molecular formula is C19H27N3O3. The van der Waals surface area contributed by atoms with E-state index in [0.29, 0.717) is 18.5 Å². The number of benzene rings is 1. The number of nitrogens with one attached hydrogen (secondary N) is 1. The first-order valence-electron chi connectivity index (χ1n) is 8.96. The Labute approximate surface area is 148 Å². The van der Waals surface area contributed by atoms with Crippen LogP contribution in [0.15, 0.2) is 24.3 Å². The number of rotatable bonds is 4. The molecule has 1 saturated heterocycles. The molecule has 25 heavy (non-hydrogen) atoms. The van der Waals surface area contributed by atoms with E-state index in [0.717, 1.165) is 43.4 Å². The van der Waals surface area contributed by atoms with Crippen LogP contribution < -0.4 is 4.74 Å². The minimum Gasteiger partial charge on any atom is -0.465 e. The second-order valence-electron chi connectivity index (χ2n) is 7.61. The quantitative estimate of drug-likeness (QED) is 0.910. The fourth-order valence-corrected chi connectivity index (χ4v) is 3.05. The van der Waals surface area contributed by atoms with Gasteiger partial charge in [-0.15, -0.1) is 0 Å². The zero-order chi connectivity index (χ0) is 17.9. The molecule has 1 N–H and O–H groups in total. The van der Waals surface area contributed by atoms with Gasteiger partial charge in [-0.1, -0.05) is 12.1 Å². The topological polar surface area (TPSA) is 67.4 Å². The Bertz CT molecular complexity index is 679. The zero-order valence-corrected chi connectivity index (χ0v) is 15.2. The minimum atomic E-state index is -0.436. The molecule has 0 aliphatic carbocycles. The van der Waals surface area contributed by atoms with Crippen molar-refractivity contribution in [2.75, 3.05) is 19.7 Å². The van der Waals surface area contributed by atoms with Gasteiger partial charge < -0.3 is 19.4 Å². The molecule has 136 valence electrons. The van der Waals surface area contributed by atoms with E-state index in [-0.39, 0.29) is 6.09 Å². The molecule has 1 aliphatic rings. The molecule has 0 unspecified atom stereocenters. The molecule has 2 aromatic rings. The van der Waals surface area contributed by atoms with E-state index in [9.17, 15) is 4.79 Å². The van der Waals surface area contributed by atoms with E-state index in [1.807, 2.05) is 49.9 Å². The van der Waals surface area contributed by atoms with Gasteiger partial charge in [0.25, 0.3) is 6.01 Å². The number of piperidine rings is 1. The van der Waals surface area contributed by atoms with Crippen molar-refractivity contribution in [1.29, 1.82) is 0 Å². The standard InChI is InChI=1S/C19H27N3O3/c1-19(2,3)25-18(23)22-11-8-14(9-12-22)10-13-24-17-20-15-6-4-5-7-16(15)21-17/h4-7,14H,8-13H2,1-3H3,(H,20,21). The molecule has 6 heteroatoms. The van der Waals surface area contributed by atoms with Crippen molar-refractivity contribution in [2.45, 2.75) is 45.6 Å². The molecule has 3 rings (SSSR count). The monoisotopic (exact) mass is 345 g/mol. The average molecular weight is 345 g/mol. The van der Waals surface area contributed by atoms with Crippen LogP contribution in [0, 0.1) is 5.92 Å². The lowest BCUT2D eigenvalue weighted by molar-refractivity contribution is 0.0177. The van der Waals surface area contributed by atoms with Crippen LogP contribution in [-0.2, 0) is 4.74 Å². The first kappa shape index (κ1) is 17.6. The van der Waals surface area contributed by atoms with Crippen molar-refractivity contribution in [3.63, 3.8) is 0 Å². The van der Waals surface area contributed by atoms with Crippen molar-refractivity contribution < 1.29 is 14.3 Å². The second kappa shape index (κ2) is 7.33. The lowest BCUT2D eigenvalue weighted by atomic mass is 9.94. The predicted octanol–water partition coefficient (Wildman–Crippen LogP) is 3.98. The van der Waals surface area contributed by atoms with Gasteiger partial charge >= 0.3 is 6.09 Å². The molecule has 6 nitrogen and oxygen atoms in total. The van der Waals surface area contributed by atoms with Gasteiger partial charge in [0.2, 0.25) is 0 Å². The van der Waals surface area contributed by atoms with Gasteiger partial charge in [-0.2, -0.15) is 4.98 Å². The fraction of sp³-hybridized carbons (Fsp3) is 0.579. The van der Waals surface area contributed by atoms with Gasteiger partial charge in [-0.25, -0.2) is 4.79 Å². The highest BCUT2D eigenvalue weighted by Gasteiger charge is 2.26. The summed E-state index contributed by atoms with van der Waals surface area (Å²) in [5.41, 5.74) is 1.47. The minimum absolute atomic E-state index is 0.204. The third-order valence-electron chi connectivity index (χ3n) is 4.40. The lowest BCUT2D eigenvalue weighted by Gasteiger charge is -2.33. The Morgan fingerprint density at radius 2 is 2.00 bits per heavy atom. The molecule has 0 spiro atoms. The number of aromatic amines is 1. The van der Waals surface area contributed by atoms with Gasteiger partial charge in [0.05, 0.1) is 17.6 Å². The smallest absolute Gasteiger partial charge is 0.410 e. The molecule has 2 heterocycles. The summed E-state index contributed by atoms with van der Waals surface area (Å²) in [4.78, 5) is 21.5. The van der Waals surface area contributed by atoms with Gasteiger partial charge in [0, 0.05) is 13.1 Å². The summed E-state index contributed by atoms with van der Waals surface area (Å²) >= 11 is 0. The number of carbonyl (C=O) groups excluding carboxylic acids is 1. The summed E-state index contributed by atoms with van der Waals surface area (Å²) in [5.74, 6) is 0.572. The molecule has 1 amide bonds. The number of nitrogens with zero attached hydrogens (tertiary/aromatic N) is 2. The van der Waals surface area contributed by atoms with Crippen molar-refractivity contribution in [3.05, 3.63) is 24.3 Å². The second-order valence-corrected chi connectivity index (χ2v) is 7.61. The number of imidazole rings is 1. The van der Waals surface area contributed by atoms with Gasteiger partial charge in [-0.3, -0.25) is 0 Å². The Kier molecular flexibility index (Phi) is 5.16. The van der Waals surface area contributed by atoms with Crippen molar-refractivity contribution in [1.82, 2.24) is 14.9 Å². The molecule has 1 fully saturated rings. The molecule has 1 aromatic heterocycles. The van der Waals surface area contributed by atoms with Crippen molar-refractivity contribution >= 4 is 17.1 Å². The van der Waals surface area contributed by atoms with E-state index >= 15 is 0 Å². The summed E-state index contributed by atoms with van der Waals surface area (Å²) in [5, 5.41) is 0. The van der Waals surface area contributed by atoms with Crippen LogP contribution >= 0.6 is 0 Å². The Morgan fingerprint density at radius 1 is 1.28 bits per heavy atom. The summed E-state index contributed by atoms with van der Waals surface area (Å²) < 4.78 is 11.2. The highest BCUT2D eigenvalue weighted by molar-refractivity contribution is 5.75. The van der Waals surface area contributed by atoms with Crippen molar-refractivity contribution in [3.8, 4) is 6.01 Å². The average Bonchev–Trinajstić information content (AvgIpc) is 2.96. The number of amides is 1. The summed E-state index contributed by atoms with van der Waals surface area (Å²) in [6.07, 6.45) is 2.74. The predicted molar refractivity (Wildman–Crippen MR) is 96.7 cm³/mol. The van der Waals surface area contributed by atoms with E-state index in [2.05, 4.69) is 9.97 Å². The molecule has 0 bridgehead atoms. The van der Waals surface area contributed by atoms with E-state index < -0.39 is 5.60 Å². The Hall–Kier alpha value is -2.24. The SMILES string of the molecule is CC(C)(C)OC(=O)N1CCC(CCOc2nc3ccccc3[nH]2)CC1. The molecule has 0 radical (unpaired) electrons. The molecule has 1 aromatic carbocycles. The third kappa shape index (κ3) is 4.87. The van der Waals surface area contributed by atoms with Crippen LogP contribution in [0.5, 0.6) is 6.01 Å². The molecule has 0 atom stereocenters. The van der Waals surface area contributed by atoms with E-state index in [1.165, 1.54) is 0 Å². The van der Waals surface area contributed by atoms with Gasteiger partial charge in [-0.05, 0) is 58.1 Å². The van der Waals surface area contributed by atoms with Crippen LogP contribution in [0.2, 0.25) is 0 Å². The van der Waals surface area contributed by atoms with E-state index in [1.54, 1.807) is 0 Å². The van der Waals surface area contributed by atoms with Crippen molar-refractivity contribution in [2.24, 2.45) is 5.92 Å². The fourth-order valence-electron chi connectivity index (χ4n) is 3.05. The number of fused-ring (bicyclic) bond motifs is 1. The van der Waals surface area contributed by atoms with Crippen LogP contribution in [-0.4, -0.2) is 46.3 Å². The Morgan fingerprint density at radius 3 is 2.68 bits per heavy atom. The highest BCUT2D eigenvalue weighted by Crippen LogP contribution is 2.23. The number of likely N-dealkylation sites (tertiary alicyclic amines) is 1. The van der Waals surface area contributed by atoms with Crippen LogP contribution in [0.4, 0.5) is 4.79 Å². The Balaban J connectivity index is 1.40. The maximum Gasteiger partial charge on any atom is 0.410 e. The number of para-hydroxylation sites is 2. The first-order chi connectivity index (χ1) is 11.9.